The van der Waals surface area contributed by atoms with Crippen LogP contribution in [0.15, 0.2) is 61.2 Å². The average Bonchev–Trinajstić information content (AvgIpc) is 3.18. The molecule has 0 amide bonds. The van der Waals surface area contributed by atoms with Crippen LogP contribution in [-0.4, -0.2) is 20.2 Å². The maximum Gasteiger partial charge on any atom is 0.153 e. The highest BCUT2D eigenvalue weighted by molar-refractivity contribution is 7.80. The van der Waals surface area contributed by atoms with Gasteiger partial charge < -0.3 is 5.73 Å². The summed E-state index contributed by atoms with van der Waals surface area (Å²) in [4.78, 5) is 5.05. The Kier molecular flexibility index (Phi) is 10.6. The van der Waals surface area contributed by atoms with Gasteiger partial charge in [0.2, 0.25) is 0 Å². The molecule has 3 rings (SSSR count). The molecule has 2 aromatic carbocycles. The Morgan fingerprint density at radius 2 is 1.66 bits per heavy atom. The third-order valence-electron chi connectivity index (χ3n) is 3.83. The molecule has 154 valence electrons. The van der Waals surface area contributed by atoms with Crippen molar-refractivity contribution in [1.82, 2.24) is 15.2 Å². The van der Waals surface area contributed by atoms with Crippen LogP contribution in [0.25, 0.3) is 5.57 Å². The molecule has 29 heavy (non-hydrogen) atoms. The van der Waals surface area contributed by atoms with E-state index in [1.165, 1.54) is 5.56 Å². The fourth-order valence-corrected chi connectivity index (χ4v) is 2.52. The number of rotatable bonds is 5. The minimum Gasteiger partial charge on any atom is -0.394 e. The lowest BCUT2D eigenvalue weighted by molar-refractivity contribution is 0.780. The van der Waals surface area contributed by atoms with Crippen LogP contribution in [0.5, 0.6) is 0 Å². The number of aromatic nitrogens is 3. The molecule has 3 aromatic rings. The second-order valence-corrected chi connectivity index (χ2v) is 7.27. The topological polar surface area (TPSA) is 67.6 Å². The van der Waals surface area contributed by atoms with Crippen molar-refractivity contribution in [2.45, 2.75) is 47.0 Å². The van der Waals surface area contributed by atoms with Gasteiger partial charge in [0.15, 0.2) is 5.82 Å². The second kappa shape index (κ2) is 12.6. The number of nitrogens with zero attached hydrogens (tertiary/aromatic N) is 2. The van der Waals surface area contributed by atoms with E-state index in [4.69, 9.17) is 5.73 Å². The molecule has 1 aromatic heterocycles. The van der Waals surface area contributed by atoms with Gasteiger partial charge in [-0.1, -0.05) is 101 Å². The largest absolute Gasteiger partial charge is 0.394 e. The zero-order valence-corrected chi connectivity index (χ0v) is 18.9. The van der Waals surface area contributed by atoms with Crippen LogP contribution in [0.1, 0.15) is 68.9 Å². The molecule has 0 radical (unpaired) electrons. The fourth-order valence-electron chi connectivity index (χ4n) is 2.52. The first kappa shape index (κ1) is 24.2. The lowest BCUT2D eigenvalue weighted by atomic mass is 9.97. The molecule has 0 unspecified atom stereocenters. The van der Waals surface area contributed by atoms with Crippen LogP contribution in [0.2, 0.25) is 0 Å². The van der Waals surface area contributed by atoms with E-state index in [0.717, 1.165) is 34.8 Å². The van der Waals surface area contributed by atoms with E-state index in [-0.39, 0.29) is 0 Å². The van der Waals surface area contributed by atoms with E-state index in [1.807, 2.05) is 32.0 Å². The smallest absolute Gasteiger partial charge is 0.153 e. The second-order valence-electron chi connectivity index (χ2n) is 6.63. The zero-order valence-electron chi connectivity index (χ0n) is 18.1. The molecule has 5 heteroatoms. The molecule has 0 saturated carbocycles. The van der Waals surface area contributed by atoms with Gasteiger partial charge in [-0.2, -0.15) is 5.10 Å². The number of aromatic amines is 1. The lowest BCUT2D eigenvalue weighted by Gasteiger charge is -2.08. The first-order chi connectivity index (χ1) is 13.9. The molecule has 3 N–H and O–H groups in total. The number of nitrogens with one attached hydrogen (secondary N) is 1. The summed E-state index contributed by atoms with van der Waals surface area (Å²) < 4.78 is 0. The van der Waals surface area contributed by atoms with Crippen molar-refractivity contribution in [2.24, 2.45) is 5.73 Å². The van der Waals surface area contributed by atoms with Crippen LogP contribution in [0.3, 0.4) is 0 Å². The maximum atomic E-state index is 4.84. The Morgan fingerprint density at radius 1 is 1.07 bits per heavy atom. The number of thiocarbonyl (C=S) groups is 1. The van der Waals surface area contributed by atoms with E-state index < -0.39 is 0 Å². The molecular formula is C24H32N4S. The van der Waals surface area contributed by atoms with Crippen molar-refractivity contribution < 1.29 is 0 Å². The number of hydrogen-bond donors (Lipinski definition) is 2. The number of hydrogen-bond acceptors (Lipinski definition) is 3. The van der Waals surface area contributed by atoms with Crippen molar-refractivity contribution in [3.63, 3.8) is 0 Å². The Bertz CT molecular complexity index is 894. The van der Waals surface area contributed by atoms with Gasteiger partial charge in [-0.05, 0) is 29.2 Å². The normalized spacial score (nSPS) is 9.72. The molecule has 0 atom stereocenters. The summed E-state index contributed by atoms with van der Waals surface area (Å²) >= 11 is 4.31. The molecule has 0 bridgehead atoms. The van der Waals surface area contributed by atoms with Gasteiger partial charge in [-0.15, -0.1) is 0 Å². The first-order valence-electron chi connectivity index (χ1n) is 9.87. The quantitative estimate of drug-likeness (QED) is 0.516. The first-order valence-corrected chi connectivity index (χ1v) is 10.3. The molecule has 0 spiro atoms. The monoisotopic (exact) mass is 408 g/mol. The van der Waals surface area contributed by atoms with E-state index in [0.29, 0.717) is 10.9 Å². The Labute approximate surface area is 180 Å². The van der Waals surface area contributed by atoms with Gasteiger partial charge in [0.05, 0.1) is 4.99 Å². The van der Waals surface area contributed by atoms with Gasteiger partial charge in [-0.3, -0.25) is 5.10 Å². The summed E-state index contributed by atoms with van der Waals surface area (Å²) in [7, 11) is 0. The summed E-state index contributed by atoms with van der Waals surface area (Å²) in [6, 6.07) is 18.7. The van der Waals surface area contributed by atoms with Crippen molar-refractivity contribution in [2.75, 3.05) is 0 Å². The highest BCUT2D eigenvalue weighted by Gasteiger charge is 2.08. The summed E-state index contributed by atoms with van der Waals surface area (Å²) in [5.41, 5.74) is 9.36. The van der Waals surface area contributed by atoms with Crippen LogP contribution in [-0.2, 0) is 6.42 Å². The van der Waals surface area contributed by atoms with Gasteiger partial charge in [0, 0.05) is 12.3 Å². The van der Waals surface area contributed by atoms with Crippen molar-refractivity contribution in [1.29, 1.82) is 0 Å². The van der Waals surface area contributed by atoms with E-state index >= 15 is 0 Å². The third-order valence-corrected chi connectivity index (χ3v) is 3.83. The summed E-state index contributed by atoms with van der Waals surface area (Å²) in [5.74, 6) is 2.10. The minimum atomic E-state index is 0.337. The molecule has 0 aliphatic carbocycles. The SMILES string of the molecule is C=C(c1ccccc1)c1cccc(Cc2nc(C(C)C)n[nH]2)c1.CC.CC(N)=S. The van der Waals surface area contributed by atoms with Crippen LogP contribution >= 0.6 is 12.2 Å². The highest BCUT2D eigenvalue weighted by atomic mass is 32.1. The minimum absolute atomic E-state index is 0.337. The van der Waals surface area contributed by atoms with Crippen molar-refractivity contribution in [3.8, 4) is 0 Å². The number of nitrogens with two attached hydrogens (primary N) is 1. The van der Waals surface area contributed by atoms with Crippen LogP contribution < -0.4 is 5.73 Å². The summed E-state index contributed by atoms with van der Waals surface area (Å²) in [5, 5.41) is 7.30. The predicted molar refractivity (Wildman–Crippen MR) is 128 cm³/mol. The van der Waals surface area contributed by atoms with E-state index in [1.54, 1.807) is 6.92 Å². The maximum absolute atomic E-state index is 4.84. The Hall–Kier alpha value is -2.79. The molecule has 0 fully saturated rings. The lowest BCUT2D eigenvalue weighted by Crippen LogP contribution is -1.98. The van der Waals surface area contributed by atoms with Gasteiger partial charge in [0.25, 0.3) is 0 Å². The summed E-state index contributed by atoms with van der Waals surface area (Å²) in [6.07, 6.45) is 0.746. The van der Waals surface area contributed by atoms with Gasteiger partial charge in [-0.25, -0.2) is 4.98 Å². The zero-order chi connectivity index (χ0) is 21.8. The van der Waals surface area contributed by atoms with Crippen molar-refractivity contribution >= 4 is 22.8 Å². The van der Waals surface area contributed by atoms with Gasteiger partial charge >= 0.3 is 0 Å². The third kappa shape index (κ3) is 8.40. The number of H-pyrrole nitrogens is 1. The molecule has 4 nitrogen and oxygen atoms in total. The highest BCUT2D eigenvalue weighted by Crippen LogP contribution is 2.22. The molecule has 0 aliphatic heterocycles. The van der Waals surface area contributed by atoms with Crippen LogP contribution in [0.4, 0.5) is 0 Å². The molecule has 0 saturated heterocycles. The summed E-state index contributed by atoms with van der Waals surface area (Å²) in [6.45, 7) is 14.1. The Balaban J connectivity index is 0.000000627. The predicted octanol–water partition coefficient (Wildman–Crippen LogP) is 5.90. The molecular weight excluding hydrogens is 376 g/mol. The molecule has 1 heterocycles. The van der Waals surface area contributed by atoms with E-state index in [2.05, 4.69) is 84.2 Å². The van der Waals surface area contributed by atoms with Crippen molar-refractivity contribution in [3.05, 3.63) is 89.5 Å². The van der Waals surface area contributed by atoms with Crippen LogP contribution in [0, 0.1) is 0 Å². The van der Waals surface area contributed by atoms with Gasteiger partial charge in [0.1, 0.15) is 5.82 Å². The fraction of sp³-hybridized carbons (Fsp3) is 0.292. The average molecular weight is 409 g/mol. The molecule has 0 aliphatic rings. The standard InChI is InChI=1S/C20H21N3.C2H5NS.C2H6/c1-14(2)20-21-19(22-23-20)13-16-8-7-11-18(12-16)15(3)17-9-5-4-6-10-17;1-2(3)4;1-2/h4-12,14H,3,13H2,1-2H3,(H,21,22,23);1H3,(H2,3,4);1-2H3. The number of benzene rings is 2. The Morgan fingerprint density at radius 3 is 2.21 bits per heavy atom. The van der Waals surface area contributed by atoms with E-state index in [9.17, 15) is 0 Å².